The molecule has 23 heavy (non-hydrogen) atoms. The molecule has 0 atom stereocenters. The Labute approximate surface area is 134 Å². The molecule has 1 aromatic carbocycles. The molecule has 2 aromatic heterocycles. The van der Waals surface area contributed by atoms with Crippen LogP contribution in [0, 0.1) is 0 Å². The Bertz CT molecular complexity index is 792. The van der Waals surface area contributed by atoms with Crippen LogP contribution in [0.15, 0.2) is 83.7 Å². The number of hydrogen-bond donors (Lipinski definition) is 1. The molecule has 0 aliphatic rings. The Morgan fingerprint density at radius 1 is 1.00 bits per heavy atom. The highest BCUT2D eigenvalue weighted by molar-refractivity contribution is 6.01. The number of benzene rings is 1. The molecule has 0 bridgehead atoms. The molecule has 2 N–H and O–H groups in total. The van der Waals surface area contributed by atoms with E-state index < -0.39 is 0 Å². The number of imidazole rings is 1. The molecule has 6 heteroatoms. The first-order valence-corrected chi connectivity index (χ1v) is 7.15. The summed E-state index contributed by atoms with van der Waals surface area (Å²) in [5.41, 5.74) is 8.34. The van der Waals surface area contributed by atoms with Gasteiger partial charge in [0.2, 0.25) is 0 Å². The van der Waals surface area contributed by atoms with E-state index >= 15 is 0 Å². The van der Waals surface area contributed by atoms with Gasteiger partial charge >= 0.3 is 0 Å². The van der Waals surface area contributed by atoms with Gasteiger partial charge in [0.05, 0.1) is 18.6 Å². The highest BCUT2D eigenvalue weighted by atomic mass is 15.2. The Morgan fingerprint density at radius 2 is 1.83 bits per heavy atom. The molecule has 0 radical (unpaired) electrons. The number of hydrogen-bond acceptors (Lipinski definition) is 4. The van der Waals surface area contributed by atoms with Crippen molar-refractivity contribution in [2.24, 2.45) is 15.9 Å². The van der Waals surface area contributed by atoms with Crippen molar-refractivity contribution in [3.05, 3.63) is 84.7 Å². The summed E-state index contributed by atoms with van der Waals surface area (Å²) >= 11 is 0. The second-order valence-electron chi connectivity index (χ2n) is 4.85. The second kappa shape index (κ2) is 7.13. The molecule has 0 unspecified atom stereocenters. The van der Waals surface area contributed by atoms with Gasteiger partial charge in [0.1, 0.15) is 5.69 Å². The summed E-state index contributed by atoms with van der Waals surface area (Å²) in [6, 6.07) is 15.3. The van der Waals surface area contributed by atoms with Gasteiger partial charge in [-0.1, -0.05) is 36.4 Å². The highest BCUT2D eigenvalue weighted by Crippen LogP contribution is 2.05. The quantitative estimate of drug-likeness (QED) is 0.445. The van der Waals surface area contributed by atoms with Crippen LogP contribution in [0.4, 0.5) is 0 Å². The van der Waals surface area contributed by atoms with Crippen molar-refractivity contribution in [3.63, 3.8) is 0 Å². The topological polar surface area (TPSA) is 81.5 Å². The molecule has 3 aromatic rings. The molecule has 0 fully saturated rings. The Hall–Kier alpha value is -3.28. The molecule has 3 rings (SSSR count). The van der Waals surface area contributed by atoms with Crippen LogP contribution >= 0.6 is 0 Å². The van der Waals surface area contributed by atoms with Crippen molar-refractivity contribution in [1.29, 1.82) is 0 Å². The number of nitrogens with zero attached hydrogens (tertiary/aromatic N) is 5. The lowest BCUT2D eigenvalue weighted by atomic mass is 10.1. The molecule has 114 valence electrons. The van der Waals surface area contributed by atoms with Crippen molar-refractivity contribution in [3.8, 4) is 0 Å². The first-order chi connectivity index (χ1) is 11.3. The van der Waals surface area contributed by atoms with E-state index in [9.17, 15) is 0 Å². The zero-order valence-electron chi connectivity index (χ0n) is 12.4. The minimum absolute atomic E-state index is 0.282. The molecule has 2 heterocycles. The van der Waals surface area contributed by atoms with Gasteiger partial charge in [-0.3, -0.25) is 4.98 Å². The predicted molar refractivity (Wildman–Crippen MR) is 90.2 cm³/mol. The average Bonchev–Trinajstić information content (AvgIpc) is 3.13. The van der Waals surface area contributed by atoms with Crippen LogP contribution < -0.4 is 5.73 Å². The normalized spacial score (nSPS) is 12.3. The maximum atomic E-state index is 5.96. The van der Waals surface area contributed by atoms with E-state index in [0.717, 1.165) is 11.3 Å². The summed E-state index contributed by atoms with van der Waals surface area (Å²) < 4.78 is 1.93. The van der Waals surface area contributed by atoms with Gasteiger partial charge in [-0.2, -0.15) is 5.10 Å². The van der Waals surface area contributed by atoms with E-state index in [4.69, 9.17) is 5.73 Å². The zero-order chi connectivity index (χ0) is 15.9. The third kappa shape index (κ3) is 3.88. The van der Waals surface area contributed by atoms with Gasteiger partial charge in [-0.05, 0) is 17.7 Å². The molecule has 0 saturated carbocycles. The molecule has 0 aliphatic heterocycles. The number of aromatic nitrogens is 3. The monoisotopic (exact) mass is 304 g/mol. The molecule has 0 spiro atoms. The van der Waals surface area contributed by atoms with Crippen LogP contribution in [-0.2, 0) is 6.54 Å². The van der Waals surface area contributed by atoms with E-state index in [-0.39, 0.29) is 5.84 Å². The third-order valence-electron chi connectivity index (χ3n) is 3.20. The lowest BCUT2D eigenvalue weighted by molar-refractivity contribution is 0.846. The molecular formula is C17H16N6. The Morgan fingerprint density at radius 3 is 2.52 bits per heavy atom. The summed E-state index contributed by atoms with van der Waals surface area (Å²) in [5.74, 6) is 0.282. The average molecular weight is 304 g/mol. The van der Waals surface area contributed by atoms with Gasteiger partial charge in [-0.15, -0.1) is 5.10 Å². The molecular weight excluding hydrogens is 288 g/mol. The van der Waals surface area contributed by atoms with Crippen LogP contribution in [-0.4, -0.2) is 26.1 Å². The molecule has 0 saturated heterocycles. The summed E-state index contributed by atoms with van der Waals surface area (Å²) in [6.07, 6.45) is 7.02. The van der Waals surface area contributed by atoms with Gasteiger partial charge < -0.3 is 10.3 Å². The summed E-state index contributed by atoms with van der Waals surface area (Å²) in [6.45, 7) is 0.559. The highest BCUT2D eigenvalue weighted by Gasteiger charge is 2.05. The number of amidine groups is 1. The van der Waals surface area contributed by atoms with Crippen LogP contribution in [0.25, 0.3) is 0 Å². The number of rotatable bonds is 5. The van der Waals surface area contributed by atoms with Gasteiger partial charge in [-0.25, -0.2) is 4.98 Å². The summed E-state index contributed by atoms with van der Waals surface area (Å²) in [7, 11) is 0. The predicted octanol–water partition coefficient (Wildman–Crippen LogP) is 2.09. The van der Waals surface area contributed by atoms with E-state index in [1.54, 1.807) is 24.8 Å². The van der Waals surface area contributed by atoms with Crippen LogP contribution in [0.5, 0.6) is 0 Å². The smallest absolute Gasteiger partial charge is 0.171 e. The van der Waals surface area contributed by atoms with E-state index in [1.165, 1.54) is 0 Å². The molecule has 6 nitrogen and oxygen atoms in total. The zero-order valence-corrected chi connectivity index (χ0v) is 12.4. The lowest BCUT2D eigenvalue weighted by Gasteiger charge is -2.06. The van der Waals surface area contributed by atoms with Crippen molar-refractivity contribution in [2.45, 2.75) is 6.54 Å². The van der Waals surface area contributed by atoms with Gasteiger partial charge in [0.25, 0.3) is 0 Å². The maximum absolute atomic E-state index is 5.96. The van der Waals surface area contributed by atoms with Crippen LogP contribution in [0.3, 0.4) is 0 Å². The third-order valence-corrected chi connectivity index (χ3v) is 3.20. The van der Waals surface area contributed by atoms with Crippen molar-refractivity contribution in [2.75, 3.05) is 0 Å². The first kappa shape index (κ1) is 14.6. The second-order valence-corrected chi connectivity index (χ2v) is 4.85. The van der Waals surface area contributed by atoms with E-state index in [2.05, 4.69) is 20.2 Å². The number of pyridine rings is 1. The summed E-state index contributed by atoms with van der Waals surface area (Å²) in [4.78, 5) is 8.21. The summed E-state index contributed by atoms with van der Waals surface area (Å²) in [5, 5.41) is 8.47. The minimum Gasteiger partial charge on any atom is -0.380 e. The Kier molecular flexibility index (Phi) is 4.54. The van der Waals surface area contributed by atoms with Crippen molar-refractivity contribution < 1.29 is 0 Å². The van der Waals surface area contributed by atoms with Gasteiger partial charge in [0, 0.05) is 18.6 Å². The van der Waals surface area contributed by atoms with Crippen molar-refractivity contribution in [1.82, 2.24) is 14.5 Å². The Balaban J connectivity index is 1.91. The minimum atomic E-state index is 0.282. The largest absolute Gasteiger partial charge is 0.380 e. The number of nitrogens with two attached hydrogens (primary N) is 1. The fourth-order valence-electron chi connectivity index (χ4n) is 2.04. The molecule has 0 amide bonds. The maximum Gasteiger partial charge on any atom is 0.171 e. The standard InChI is InChI=1S/C17H16N6/c18-17(15-8-4-5-9-20-15)22-21-16(12-23-11-10-19-13-23)14-6-2-1-3-7-14/h1-11,13H,12H2,(H2,18,22)/b21-16+. The fraction of sp³-hybridized carbons (Fsp3) is 0.0588. The first-order valence-electron chi connectivity index (χ1n) is 7.15. The van der Waals surface area contributed by atoms with Crippen LogP contribution in [0.1, 0.15) is 11.3 Å². The fourth-order valence-corrected chi connectivity index (χ4v) is 2.04. The van der Waals surface area contributed by atoms with Crippen molar-refractivity contribution >= 4 is 11.5 Å². The molecule has 0 aliphatic carbocycles. The van der Waals surface area contributed by atoms with E-state index in [1.807, 2.05) is 53.2 Å². The van der Waals surface area contributed by atoms with Gasteiger partial charge in [0.15, 0.2) is 5.84 Å². The SMILES string of the molecule is N/C(=N\N=C(/Cn1ccnc1)c1ccccc1)c1ccccn1. The lowest BCUT2D eigenvalue weighted by Crippen LogP contribution is -2.15. The van der Waals surface area contributed by atoms with Crippen LogP contribution in [0.2, 0.25) is 0 Å². The van der Waals surface area contributed by atoms with E-state index in [0.29, 0.717) is 12.2 Å².